The van der Waals surface area contributed by atoms with Crippen molar-refractivity contribution in [3.63, 3.8) is 0 Å². The number of aliphatic hydroxyl groups excluding tert-OH is 1. The fourth-order valence-corrected chi connectivity index (χ4v) is 26.7. The average Bonchev–Trinajstić information content (AvgIpc) is 2.58. The maximum Gasteiger partial charge on any atom is 0.339 e. The summed E-state index contributed by atoms with van der Waals surface area (Å²) in [6.45, 7) is 6.43. The molecular weight excluding hydrogens is 951 g/mol. The minimum Gasteiger partial charge on any atom is -0.509 e. The van der Waals surface area contributed by atoms with Crippen LogP contribution in [-0.2, 0) is 26.3 Å². The van der Waals surface area contributed by atoms with E-state index >= 15 is 9.59 Å². The van der Waals surface area contributed by atoms with Crippen molar-refractivity contribution in [3.8, 4) is 0 Å². The summed E-state index contributed by atoms with van der Waals surface area (Å²) in [6, 6.07) is 7.12. The molecule has 0 amide bonds. The molecule has 77 heavy (non-hydrogen) atoms. The Labute approximate surface area is 458 Å². The van der Waals surface area contributed by atoms with Gasteiger partial charge >= 0.3 is 11.9 Å². The van der Waals surface area contributed by atoms with Gasteiger partial charge in [-0.15, -0.1) is 0 Å². The molecular formula is C69H87N3O5. The molecule has 3 N–H and O–H groups in total. The highest BCUT2D eigenvalue weighted by Gasteiger charge is 2.94. The fourth-order valence-electron chi connectivity index (χ4n) is 26.7. The number of rotatable bonds is 5. The van der Waals surface area contributed by atoms with Gasteiger partial charge in [-0.05, 0) is 210 Å². The lowest BCUT2D eigenvalue weighted by Crippen LogP contribution is -2.78. The summed E-state index contributed by atoms with van der Waals surface area (Å²) in [5, 5.41) is 14.3. The molecule has 9 aliphatic heterocycles. The number of aryl methyl sites for hydroxylation is 1. The predicted molar refractivity (Wildman–Crippen MR) is 295 cm³/mol. The van der Waals surface area contributed by atoms with Crippen LogP contribution in [-0.4, -0.2) is 65.1 Å². The van der Waals surface area contributed by atoms with E-state index in [-0.39, 0.29) is 41.1 Å². The SMILES string of the molecule is C[C@H]1CC2=C3[C@H]4C5=C6[C@H](/C=C\[C@@H](C7CCCC7)C[C@H]7[C@]68C(=O)O/C(=C(/O)C[C@@H]([C@]69C=C[C@H]%10CCC[C@]%10%11CCC[C@@]%11(C6)C6(CCCC6)C9)N6C[C@@H]9C[C@H](C6)[C@H](CC2)N3C9)[C@@]8(CC5)[C@]72OC(=O)c3c(CCCN)cccc32)C[C@@H]41. The van der Waals surface area contributed by atoms with Gasteiger partial charge in [0, 0.05) is 66.7 Å². The van der Waals surface area contributed by atoms with Crippen molar-refractivity contribution in [2.45, 2.75) is 198 Å². The van der Waals surface area contributed by atoms with Crippen LogP contribution in [0.5, 0.6) is 0 Å². The maximum atomic E-state index is 16.8. The molecule has 3 saturated heterocycles. The lowest BCUT2D eigenvalue weighted by molar-refractivity contribution is -0.282. The first-order valence-electron chi connectivity index (χ1n) is 32.6. The highest BCUT2D eigenvalue weighted by Crippen LogP contribution is 2.89. The molecule has 0 radical (unpaired) electrons. The third kappa shape index (κ3) is 5.29. The molecule has 1 unspecified atom stereocenters. The van der Waals surface area contributed by atoms with E-state index in [1.54, 1.807) is 16.8 Å². The summed E-state index contributed by atoms with van der Waals surface area (Å²) in [6.07, 6.45) is 42.3. The molecule has 8 nitrogen and oxygen atoms in total. The number of allylic oxidation sites excluding steroid dienone is 5. The van der Waals surface area contributed by atoms with Crippen LogP contribution in [0.3, 0.4) is 0 Å². The van der Waals surface area contributed by atoms with E-state index < -0.39 is 16.4 Å². The first-order valence-corrected chi connectivity index (χ1v) is 32.6. The van der Waals surface area contributed by atoms with Gasteiger partial charge in [-0.2, -0.15) is 0 Å². The van der Waals surface area contributed by atoms with E-state index in [0.29, 0.717) is 107 Å². The zero-order valence-electron chi connectivity index (χ0n) is 46.4. The van der Waals surface area contributed by atoms with Gasteiger partial charge in [0.1, 0.15) is 11.2 Å². The molecule has 408 valence electrons. The van der Waals surface area contributed by atoms with Gasteiger partial charge in [0.15, 0.2) is 11.4 Å². The quantitative estimate of drug-likeness (QED) is 0.222. The Kier molecular flexibility index (Phi) is 9.58. The second kappa shape index (κ2) is 15.7. The Morgan fingerprint density at radius 3 is 2.57 bits per heavy atom. The smallest absolute Gasteiger partial charge is 0.339 e. The van der Waals surface area contributed by atoms with Gasteiger partial charge in [0.2, 0.25) is 0 Å². The number of nitrogens with zero attached hydrogens (tertiary/aromatic N) is 2. The largest absolute Gasteiger partial charge is 0.509 e. The van der Waals surface area contributed by atoms with E-state index in [1.165, 1.54) is 134 Å². The van der Waals surface area contributed by atoms with Crippen molar-refractivity contribution in [2.24, 2.45) is 97.4 Å². The first-order chi connectivity index (χ1) is 37.6. The van der Waals surface area contributed by atoms with E-state index in [2.05, 4.69) is 59.2 Å². The average molecular weight is 1040 g/mol. The van der Waals surface area contributed by atoms with Crippen molar-refractivity contribution in [3.05, 3.63) is 93.1 Å². The molecule has 14 bridgehead atoms. The monoisotopic (exact) mass is 1040 g/mol. The van der Waals surface area contributed by atoms with Gasteiger partial charge < -0.3 is 25.2 Å². The Balaban J connectivity index is 0.911. The molecule has 20 aliphatic rings. The number of nitrogens with two attached hydrogens (primary N) is 1. The van der Waals surface area contributed by atoms with E-state index in [9.17, 15) is 5.11 Å². The van der Waals surface area contributed by atoms with Crippen LogP contribution in [0.1, 0.15) is 195 Å². The Bertz CT molecular complexity index is 2970. The number of hydrogen-bond acceptors (Lipinski definition) is 8. The number of hydrogen-bond donors (Lipinski definition) is 2. The van der Waals surface area contributed by atoms with Crippen molar-refractivity contribution in [1.82, 2.24) is 9.80 Å². The fraction of sp³-hybridized carbons (Fsp3) is 0.739. The molecule has 9 heterocycles. The van der Waals surface area contributed by atoms with E-state index in [1.807, 2.05) is 0 Å². The minimum atomic E-state index is -1.15. The van der Waals surface area contributed by atoms with Crippen LogP contribution >= 0.6 is 0 Å². The molecule has 9 fully saturated rings. The van der Waals surface area contributed by atoms with Crippen LogP contribution < -0.4 is 5.73 Å². The molecule has 21 rings (SSSR count). The first kappa shape index (κ1) is 47.1. The molecule has 8 heteroatoms. The molecule has 11 aliphatic carbocycles. The number of fused-ring (bicyclic) bond motifs is 4. The van der Waals surface area contributed by atoms with Crippen molar-refractivity contribution < 1.29 is 24.2 Å². The Hall–Kier alpha value is -3.62. The summed E-state index contributed by atoms with van der Waals surface area (Å²) in [5.41, 5.74) is 12.9. The van der Waals surface area contributed by atoms with Crippen molar-refractivity contribution in [1.29, 1.82) is 0 Å². The van der Waals surface area contributed by atoms with Gasteiger partial charge in [0.05, 0.1) is 11.0 Å². The number of carbonyl (C=O) groups is 2. The lowest BCUT2D eigenvalue weighted by atomic mass is 9.27. The minimum absolute atomic E-state index is 0.0805. The normalized spacial score (nSPS) is 50.9. The number of piperidine rings is 2. The van der Waals surface area contributed by atoms with Gasteiger partial charge in [-0.1, -0.05) is 99.1 Å². The van der Waals surface area contributed by atoms with Crippen molar-refractivity contribution >= 4 is 11.9 Å². The van der Waals surface area contributed by atoms with Crippen molar-refractivity contribution in [2.75, 3.05) is 26.2 Å². The lowest BCUT2D eigenvalue weighted by Gasteiger charge is -2.73. The predicted octanol–water partition coefficient (Wildman–Crippen LogP) is 13.3. The van der Waals surface area contributed by atoms with E-state index in [4.69, 9.17) is 15.2 Å². The third-order valence-electron chi connectivity index (χ3n) is 28.5. The molecule has 1 aromatic carbocycles. The number of ether oxygens (including phenoxy) is 2. The van der Waals surface area contributed by atoms with Crippen LogP contribution in [0.4, 0.5) is 0 Å². The molecule has 0 aromatic heterocycles. The maximum absolute atomic E-state index is 16.8. The van der Waals surface area contributed by atoms with Gasteiger partial charge in [-0.3, -0.25) is 9.69 Å². The topological polar surface area (TPSA) is 105 Å². The second-order valence-electron chi connectivity index (χ2n) is 30.5. The van der Waals surface area contributed by atoms with Crippen LogP contribution in [0, 0.1) is 91.7 Å². The van der Waals surface area contributed by atoms with Crippen LogP contribution in [0.25, 0.3) is 0 Å². The Morgan fingerprint density at radius 1 is 0.831 bits per heavy atom. The molecule has 1 aromatic rings. The van der Waals surface area contributed by atoms with Gasteiger partial charge in [0.25, 0.3) is 0 Å². The number of aliphatic hydroxyl groups is 1. The number of benzene rings is 1. The molecule has 18 atom stereocenters. The summed E-state index contributed by atoms with van der Waals surface area (Å²) in [7, 11) is 0. The molecule has 6 saturated carbocycles. The summed E-state index contributed by atoms with van der Waals surface area (Å²) < 4.78 is 14.9. The van der Waals surface area contributed by atoms with Gasteiger partial charge in [-0.25, -0.2) is 4.79 Å². The standard InChI is InChI=1S/C69H87N3O5/c1-40-30-46-18-19-52-47-31-41-35-71(37-47)55(63-27-20-48-14-7-24-65(48)25-9-26-66(65,39-63)64(38-63)22-4-5-23-64)34-53(73)60-67-28-21-49-57(59(46)72(52)36-41)50(40)32-45-17-16-44(42-10-2-3-11-42)33-54(68(67,58(45)49)62(75)76-60)69(67)51-15-6-12-43(13-8-29-70)56(51)61(74)77-69/h6,12,15-17,20,27,40-42,44-45,47-48,50,52,54-55,57,73H,2-5,7-11,13-14,18-19,21-26,28-39,70H2,1H3/b17-16-,60-53+/t40-,41-,44+,45+,47+,48+,50+,52-,54-,55-,57-,63-,65-,66+,67+,68+,69+/m0/s1. The van der Waals surface area contributed by atoms with Crippen LogP contribution in [0.15, 0.2) is 76.4 Å². The van der Waals surface area contributed by atoms with Crippen LogP contribution in [0.2, 0.25) is 0 Å². The highest BCUT2D eigenvalue weighted by atomic mass is 16.6. The summed E-state index contributed by atoms with van der Waals surface area (Å²) in [4.78, 5) is 38.3. The summed E-state index contributed by atoms with van der Waals surface area (Å²) >= 11 is 0. The van der Waals surface area contributed by atoms with E-state index in [0.717, 1.165) is 56.4 Å². The number of carbonyl (C=O) groups excluding carboxylic acids is 2. The zero-order valence-corrected chi connectivity index (χ0v) is 46.4. The zero-order chi connectivity index (χ0) is 51.2. The molecule has 6 spiro atoms. The Morgan fingerprint density at radius 2 is 1.70 bits per heavy atom. The highest BCUT2D eigenvalue weighted by molar-refractivity contribution is 6.00. The summed E-state index contributed by atoms with van der Waals surface area (Å²) in [5.74, 6) is 4.21. The number of esters is 2. The third-order valence-corrected chi connectivity index (χ3v) is 28.5. The second-order valence-corrected chi connectivity index (χ2v) is 30.5.